The largest absolute Gasteiger partial charge is 0.332 e. The van der Waals surface area contributed by atoms with Crippen LogP contribution >= 0.6 is 27.3 Å². The molecule has 0 saturated heterocycles. The Balaban J connectivity index is 1.86. The van der Waals surface area contributed by atoms with Gasteiger partial charge in [0.05, 0.1) is 18.0 Å². The summed E-state index contributed by atoms with van der Waals surface area (Å²) in [6, 6.07) is 16.2. The van der Waals surface area contributed by atoms with Gasteiger partial charge in [0.25, 0.3) is 0 Å². The molecule has 0 aliphatic rings. The quantitative estimate of drug-likeness (QED) is 0.332. The number of rotatable bonds is 10. The van der Waals surface area contributed by atoms with Crippen molar-refractivity contribution in [2.75, 3.05) is 13.1 Å². The molecule has 33 heavy (non-hydrogen) atoms. The van der Waals surface area contributed by atoms with E-state index in [2.05, 4.69) is 15.9 Å². The maximum atomic E-state index is 13.4. The Bertz CT molecular complexity index is 1150. The van der Waals surface area contributed by atoms with Crippen LogP contribution in [0.1, 0.15) is 24.3 Å². The lowest BCUT2D eigenvalue weighted by atomic mass is 10.2. The van der Waals surface area contributed by atoms with E-state index in [1.165, 1.54) is 39.9 Å². The Labute approximate surface area is 207 Å². The van der Waals surface area contributed by atoms with Gasteiger partial charge in [-0.3, -0.25) is 4.79 Å². The first-order valence-electron chi connectivity index (χ1n) is 10.5. The van der Waals surface area contributed by atoms with E-state index in [1.54, 1.807) is 29.2 Å². The third kappa shape index (κ3) is 7.20. The van der Waals surface area contributed by atoms with Crippen molar-refractivity contribution in [3.05, 3.63) is 86.8 Å². The zero-order valence-corrected chi connectivity index (χ0v) is 21.7. The molecular weight excluding hydrogens is 527 g/mol. The van der Waals surface area contributed by atoms with Gasteiger partial charge in [0, 0.05) is 22.4 Å². The Morgan fingerprint density at radius 3 is 2.27 bits per heavy atom. The molecule has 3 aromatic rings. The van der Waals surface area contributed by atoms with E-state index < -0.39 is 10.0 Å². The molecule has 1 heterocycles. The van der Waals surface area contributed by atoms with Gasteiger partial charge in [-0.15, -0.1) is 11.3 Å². The van der Waals surface area contributed by atoms with E-state index in [1.807, 2.05) is 31.4 Å². The fraction of sp³-hybridized carbons (Fsp3) is 0.292. The van der Waals surface area contributed by atoms with Gasteiger partial charge in [0.15, 0.2) is 0 Å². The molecule has 3 rings (SSSR count). The van der Waals surface area contributed by atoms with Crippen molar-refractivity contribution >= 4 is 43.2 Å². The van der Waals surface area contributed by atoms with E-state index in [0.29, 0.717) is 6.54 Å². The first-order valence-corrected chi connectivity index (χ1v) is 13.6. The first-order chi connectivity index (χ1) is 15.6. The molecule has 0 spiro atoms. The predicted octanol–water partition coefficient (Wildman–Crippen LogP) is 5.53. The van der Waals surface area contributed by atoms with Crippen LogP contribution < -0.4 is 0 Å². The number of halogens is 2. The van der Waals surface area contributed by atoms with Gasteiger partial charge in [-0.1, -0.05) is 48.0 Å². The molecule has 2 aromatic carbocycles. The van der Waals surface area contributed by atoms with Crippen LogP contribution in [0.3, 0.4) is 0 Å². The highest BCUT2D eigenvalue weighted by Crippen LogP contribution is 2.21. The molecule has 0 atom stereocenters. The van der Waals surface area contributed by atoms with Crippen molar-refractivity contribution in [2.24, 2.45) is 5.92 Å². The summed E-state index contributed by atoms with van der Waals surface area (Å²) in [4.78, 5) is 16.1. The highest BCUT2D eigenvalue weighted by Gasteiger charge is 2.29. The lowest BCUT2D eigenvalue weighted by molar-refractivity contribution is -0.132. The van der Waals surface area contributed by atoms with E-state index in [0.717, 1.165) is 14.9 Å². The molecule has 0 bridgehead atoms. The molecule has 1 amide bonds. The van der Waals surface area contributed by atoms with Gasteiger partial charge in [-0.05, 0) is 59.3 Å². The van der Waals surface area contributed by atoms with E-state index >= 15 is 0 Å². The van der Waals surface area contributed by atoms with Crippen LogP contribution in [0.25, 0.3) is 0 Å². The van der Waals surface area contributed by atoms with Crippen molar-refractivity contribution in [3.8, 4) is 0 Å². The summed E-state index contributed by atoms with van der Waals surface area (Å²) < 4.78 is 42.1. The normalized spacial score (nSPS) is 11.8. The zero-order valence-electron chi connectivity index (χ0n) is 18.4. The number of benzene rings is 2. The second kappa shape index (κ2) is 11.4. The summed E-state index contributed by atoms with van der Waals surface area (Å²) in [5.74, 6) is -0.626. The summed E-state index contributed by atoms with van der Waals surface area (Å²) in [5.41, 5.74) is 0.771. The number of carbonyl (C=O) groups excluding carboxylic acids is 1. The first kappa shape index (κ1) is 25.6. The van der Waals surface area contributed by atoms with Crippen LogP contribution in [0.4, 0.5) is 4.39 Å². The number of nitrogens with zero attached hydrogens (tertiary/aromatic N) is 2. The van der Waals surface area contributed by atoms with Crippen molar-refractivity contribution in [1.82, 2.24) is 9.21 Å². The Morgan fingerprint density at radius 1 is 1.03 bits per heavy atom. The van der Waals surface area contributed by atoms with Crippen LogP contribution in [-0.4, -0.2) is 36.6 Å². The van der Waals surface area contributed by atoms with E-state index in [-0.39, 0.29) is 42.2 Å². The molecule has 0 aliphatic heterocycles. The fourth-order valence-corrected chi connectivity index (χ4v) is 5.83. The summed E-state index contributed by atoms with van der Waals surface area (Å²) in [6.45, 7) is 4.37. The second-order valence-electron chi connectivity index (χ2n) is 8.10. The monoisotopic (exact) mass is 552 g/mol. The van der Waals surface area contributed by atoms with Gasteiger partial charge in [0.2, 0.25) is 15.9 Å². The Morgan fingerprint density at radius 2 is 1.70 bits per heavy atom. The van der Waals surface area contributed by atoms with Gasteiger partial charge in [0.1, 0.15) is 5.82 Å². The zero-order chi connectivity index (χ0) is 24.0. The lowest BCUT2D eigenvalue weighted by Gasteiger charge is -2.28. The number of hydrogen-bond acceptors (Lipinski definition) is 4. The molecule has 5 nitrogen and oxygen atoms in total. The van der Waals surface area contributed by atoms with Gasteiger partial charge >= 0.3 is 0 Å². The maximum Gasteiger partial charge on any atom is 0.243 e. The summed E-state index contributed by atoms with van der Waals surface area (Å²) in [6.07, 6.45) is 0. The molecule has 1 aromatic heterocycles. The number of carbonyl (C=O) groups is 1. The van der Waals surface area contributed by atoms with Gasteiger partial charge in [-0.25, -0.2) is 12.8 Å². The minimum absolute atomic E-state index is 0.0332. The summed E-state index contributed by atoms with van der Waals surface area (Å²) in [7, 11) is -3.86. The summed E-state index contributed by atoms with van der Waals surface area (Å²) >= 11 is 4.85. The lowest BCUT2D eigenvalue weighted by Crippen LogP contribution is -2.43. The smallest absolute Gasteiger partial charge is 0.243 e. The van der Waals surface area contributed by atoms with Gasteiger partial charge in [-0.2, -0.15) is 4.31 Å². The number of sulfonamides is 1. The van der Waals surface area contributed by atoms with Crippen LogP contribution in [0, 0.1) is 11.7 Å². The molecule has 0 aliphatic carbocycles. The predicted molar refractivity (Wildman–Crippen MR) is 133 cm³/mol. The standard InChI is InChI=1S/C24H26BrFN2O3S2/c1-18(2)14-28(33(30,31)23-11-7-20(25)8-12-23)17-24(29)27(16-22-4-3-13-32-22)15-19-5-9-21(26)10-6-19/h3-13,18H,14-17H2,1-2H3. The van der Waals surface area contributed by atoms with Crippen LogP contribution in [0.5, 0.6) is 0 Å². The second-order valence-corrected chi connectivity index (χ2v) is 12.0. The maximum absolute atomic E-state index is 13.4. The Kier molecular flexibility index (Phi) is 8.81. The van der Waals surface area contributed by atoms with Crippen LogP contribution in [-0.2, 0) is 27.9 Å². The SMILES string of the molecule is CC(C)CN(CC(=O)N(Cc1ccc(F)cc1)Cc1cccs1)S(=O)(=O)c1ccc(Br)cc1. The van der Waals surface area contributed by atoms with Crippen LogP contribution in [0.15, 0.2) is 75.4 Å². The van der Waals surface area contributed by atoms with Crippen molar-refractivity contribution in [1.29, 1.82) is 0 Å². The number of amides is 1. The molecule has 0 fully saturated rings. The molecule has 0 radical (unpaired) electrons. The molecule has 176 valence electrons. The van der Waals surface area contributed by atoms with Crippen molar-refractivity contribution in [3.63, 3.8) is 0 Å². The Hall–Kier alpha value is -2.07. The van der Waals surface area contributed by atoms with Crippen molar-refractivity contribution < 1.29 is 17.6 Å². The molecule has 9 heteroatoms. The molecule has 0 saturated carbocycles. The number of hydrogen-bond donors (Lipinski definition) is 0. The molecule has 0 N–H and O–H groups in total. The third-order valence-corrected chi connectivity index (χ3v) is 8.11. The average Bonchev–Trinajstić information content (AvgIpc) is 3.27. The average molecular weight is 554 g/mol. The molecular formula is C24H26BrFN2O3S2. The minimum atomic E-state index is -3.86. The summed E-state index contributed by atoms with van der Waals surface area (Å²) in [5, 5.41) is 1.93. The fourth-order valence-electron chi connectivity index (χ4n) is 3.29. The van der Waals surface area contributed by atoms with Gasteiger partial charge < -0.3 is 4.90 Å². The highest BCUT2D eigenvalue weighted by molar-refractivity contribution is 9.10. The van der Waals surface area contributed by atoms with E-state index in [9.17, 15) is 17.6 Å². The highest BCUT2D eigenvalue weighted by atomic mass is 79.9. The topological polar surface area (TPSA) is 57.7 Å². The van der Waals surface area contributed by atoms with E-state index in [4.69, 9.17) is 0 Å². The number of thiophene rings is 1. The minimum Gasteiger partial charge on any atom is -0.332 e. The molecule has 0 unspecified atom stereocenters. The van der Waals surface area contributed by atoms with Crippen molar-refractivity contribution in [2.45, 2.75) is 31.8 Å². The van der Waals surface area contributed by atoms with Crippen LogP contribution in [0.2, 0.25) is 0 Å². The third-order valence-electron chi connectivity index (χ3n) is 4.90.